The number of halogens is 3. The fraction of sp³-hybridized carbons (Fsp3) is 0.647. The molecule has 29 heavy (non-hydrogen) atoms. The van der Waals surface area contributed by atoms with Gasteiger partial charge in [0.05, 0.1) is 24.1 Å². The molecule has 3 atom stereocenters. The average Bonchev–Trinajstić information content (AvgIpc) is 3.45. The molecule has 2 heterocycles. The van der Waals surface area contributed by atoms with Gasteiger partial charge in [-0.2, -0.15) is 17.5 Å². The lowest BCUT2D eigenvalue weighted by atomic mass is 10.1. The Kier molecular flexibility index (Phi) is 6.34. The van der Waals surface area contributed by atoms with Gasteiger partial charge < -0.3 is 14.6 Å². The largest absolute Gasteiger partial charge is 0.490 e. The van der Waals surface area contributed by atoms with Crippen LogP contribution in [0.1, 0.15) is 25.7 Å². The number of pyridine rings is 1. The smallest absolute Gasteiger partial charge is 0.486 e. The van der Waals surface area contributed by atoms with Crippen LogP contribution in [0.5, 0.6) is 5.75 Å². The topological polar surface area (TPSA) is 106 Å². The number of rotatable bonds is 4. The summed E-state index contributed by atoms with van der Waals surface area (Å²) in [5.41, 5.74) is 0. The summed E-state index contributed by atoms with van der Waals surface area (Å²) >= 11 is 0. The summed E-state index contributed by atoms with van der Waals surface area (Å²) in [5, 5.41) is 6.96. The number of aliphatic carboxylic acids is 1. The molecule has 0 amide bonds. The maximum absolute atomic E-state index is 12.6. The number of aromatic nitrogens is 1. The summed E-state index contributed by atoms with van der Waals surface area (Å²) in [6, 6.07) is 3.61. The van der Waals surface area contributed by atoms with Gasteiger partial charge in [-0.05, 0) is 37.8 Å². The molecular formula is C17H21F3N2O6S. The molecule has 2 saturated carbocycles. The zero-order valence-electron chi connectivity index (χ0n) is 15.3. The number of hydrogen-bond acceptors (Lipinski definition) is 6. The van der Waals surface area contributed by atoms with Crippen LogP contribution in [-0.4, -0.2) is 71.6 Å². The molecule has 3 aliphatic rings. The van der Waals surface area contributed by atoms with E-state index in [1.165, 1.54) is 0 Å². The summed E-state index contributed by atoms with van der Waals surface area (Å²) in [7, 11) is -3.15. The summed E-state index contributed by atoms with van der Waals surface area (Å²) in [4.78, 5) is 12.9. The first-order valence-corrected chi connectivity index (χ1v) is 10.6. The molecule has 8 nitrogen and oxygen atoms in total. The molecule has 1 saturated heterocycles. The molecule has 1 aromatic heterocycles. The molecule has 162 valence electrons. The molecule has 1 N–H and O–H groups in total. The molecule has 0 aromatic carbocycles. The van der Waals surface area contributed by atoms with Gasteiger partial charge >= 0.3 is 12.1 Å². The van der Waals surface area contributed by atoms with E-state index in [2.05, 4.69) is 4.98 Å². The number of ether oxygens (including phenoxy) is 2. The molecule has 4 rings (SSSR count). The summed E-state index contributed by atoms with van der Waals surface area (Å²) < 4.78 is 70.4. The lowest BCUT2D eigenvalue weighted by Gasteiger charge is -2.38. The molecular weight excluding hydrogens is 417 g/mol. The van der Waals surface area contributed by atoms with Crippen LogP contribution in [0, 0.1) is 0 Å². The first-order valence-electron chi connectivity index (χ1n) is 9.09. The number of morpholine rings is 1. The maximum Gasteiger partial charge on any atom is 0.490 e. The number of carboxylic acid groups (broad SMARTS) is 1. The molecule has 0 unspecified atom stereocenters. The Morgan fingerprint density at radius 2 is 1.97 bits per heavy atom. The molecule has 0 bridgehead atoms. The van der Waals surface area contributed by atoms with Crippen LogP contribution in [0.25, 0.3) is 0 Å². The predicted molar refractivity (Wildman–Crippen MR) is 93.8 cm³/mol. The Bertz CT molecular complexity index is 816. The first-order chi connectivity index (χ1) is 13.6. The number of carboxylic acids is 1. The lowest BCUT2D eigenvalue weighted by molar-refractivity contribution is -0.192. The van der Waals surface area contributed by atoms with Crippen LogP contribution in [-0.2, 0) is 19.6 Å². The SMILES string of the molecule is O=C(O)C(F)(F)F.O=S(=O)(C1CC1)N1CCO[C@H]2[C@@H](Oc3cccnc3)CC[C@@H]21. The number of nitrogens with zero attached hydrogens (tertiary/aromatic N) is 2. The van der Waals surface area contributed by atoms with E-state index < -0.39 is 22.2 Å². The highest BCUT2D eigenvalue weighted by Gasteiger charge is 2.51. The van der Waals surface area contributed by atoms with Gasteiger partial charge in [0, 0.05) is 12.7 Å². The molecule has 12 heteroatoms. The van der Waals surface area contributed by atoms with Crippen LogP contribution in [0.15, 0.2) is 24.5 Å². The molecule has 3 fully saturated rings. The quantitative estimate of drug-likeness (QED) is 0.764. The second kappa shape index (κ2) is 8.44. The fourth-order valence-electron chi connectivity index (χ4n) is 3.47. The highest BCUT2D eigenvalue weighted by Crippen LogP contribution is 2.39. The van der Waals surface area contributed by atoms with Crippen molar-refractivity contribution in [2.45, 2.75) is 55.4 Å². The van der Waals surface area contributed by atoms with E-state index in [4.69, 9.17) is 19.4 Å². The number of fused-ring (bicyclic) bond motifs is 1. The van der Waals surface area contributed by atoms with Crippen LogP contribution in [0.4, 0.5) is 13.2 Å². The number of carbonyl (C=O) groups is 1. The molecule has 0 radical (unpaired) electrons. The standard InChI is InChI=1S/C15H20N2O4S.C2HF3O2/c18-22(19,12-3-4-12)17-8-9-20-15-13(17)5-6-14(15)21-11-2-1-7-16-10-11;3-2(4,5)1(6)7/h1-2,7,10,12-15H,3-6,8-9H2;(H,6,7)/t13-,14-,15+;/m0./s1. The van der Waals surface area contributed by atoms with Crippen molar-refractivity contribution in [1.82, 2.24) is 9.29 Å². The minimum Gasteiger partial charge on any atom is -0.486 e. The third kappa shape index (κ3) is 5.17. The maximum atomic E-state index is 12.6. The van der Waals surface area contributed by atoms with E-state index in [1.807, 2.05) is 12.1 Å². The van der Waals surface area contributed by atoms with Crippen molar-refractivity contribution in [2.24, 2.45) is 0 Å². The van der Waals surface area contributed by atoms with Gasteiger partial charge in [-0.3, -0.25) is 4.98 Å². The predicted octanol–water partition coefficient (Wildman–Crippen LogP) is 1.82. The second-order valence-electron chi connectivity index (χ2n) is 6.98. The Morgan fingerprint density at radius 1 is 1.28 bits per heavy atom. The van der Waals surface area contributed by atoms with Gasteiger partial charge in [-0.1, -0.05) is 0 Å². The van der Waals surface area contributed by atoms with Crippen molar-refractivity contribution in [2.75, 3.05) is 13.2 Å². The fourth-order valence-corrected chi connectivity index (χ4v) is 5.52. The summed E-state index contributed by atoms with van der Waals surface area (Å²) in [5.74, 6) is -2.05. The van der Waals surface area contributed by atoms with Crippen LogP contribution < -0.4 is 4.74 Å². The minimum atomic E-state index is -5.08. The molecule has 1 aromatic rings. The zero-order valence-corrected chi connectivity index (χ0v) is 16.1. The Hall–Kier alpha value is -1.92. The number of sulfonamides is 1. The van der Waals surface area contributed by atoms with Gasteiger partial charge in [0.15, 0.2) is 0 Å². The molecule has 1 aliphatic heterocycles. The van der Waals surface area contributed by atoms with Crippen molar-refractivity contribution in [1.29, 1.82) is 0 Å². The highest BCUT2D eigenvalue weighted by atomic mass is 32.2. The highest BCUT2D eigenvalue weighted by molar-refractivity contribution is 7.90. The summed E-state index contributed by atoms with van der Waals surface area (Å²) in [6.45, 7) is 0.916. The van der Waals surface area contributed by atoms with Crippen LogP contribution >= 0.6 is 0 Å². The van der Waals surface area contributed by atoms with Gasteiger partial charge in [0.2, 0.25) is 10.0 Å². The van der Waals surface area contributed by atoms with Crippen LogP contribution in [0.3, 0.4) is 0 Å². The van der Waals surface area contributed by atoms with Gasteiger partial charge in [0.25, 0.3) is 0 Å². The average molecular weight is 438 g/mol. The monoisotopic (exact) mass is 438 g/mol. The van der Waals surface area contributed by atoms with E-state index in [1.54, 1.807) is 16.7 Å². The van der Waals surface area contributed by atoms with E-state index in [-0.39, 0.29) is 23.5 Å². The Morgan fingerprint density at radius 3 is 2.52 bits per heavy atom. The Labute approximate surface area is 165 Å². The third-order valence-corrected chi connectivity index (χ3v) is 7.34. The van der Waals surface area contributed by atoms with E-state index in [0.29, 0.717) is 18.9 Å². The zero-order chi connectivity index (χ0) is 21.2. The van der Waals surface area contributed by atoms with Crippen molar-refractivity contribution in [3.63, 3.8) is 0 Å². The van der Waals surface area contributed by atoms with Crippen molar-refractivity contribution >= 4 is 16.0 Å². The van der Waals surface area contributed by atoms with E-state index in [9.17, 15) is 21.6 Å². The van der Waals surface area contributed by atoms with Crippen molar-refractivity contribution in [3.05, 3.63) is 24.5 Å². The minimum absolute atomic E-state index is 0.0824. The van der Waals surface area contributed by atoms with Crippen molar-refractivity contribution in [3.8, 4) is 5.75 Å². The first kappa shape index (κ1) is 21.8. The van der Waals surface area contributed by atoms with Gasteiger partial charge in [-0.25, -0.2) is 13.2 Å². The van der Waals surface area contributed by atoms with E-state index in [0.717, 1.165) is 25.7 Å². The third-order valence-electron chi connectivity index (χ3n) is 4.92. The van der Waals surface area contributed by atoms with Gasteiger partial charge in [-0.15, -0.1) is 0 Å². The normalized spacial score (nSPS) is 27.5. The van der Waals surface area contributed by atoms with Gasteiger partial charge in [0.1, 0.15) is 18.0 Å². The van der Waals surface area contributed by atoms with Crippen molar-refractivity contribution < 1.29 is 41.0 Å². The Balaban J connectivity index is 0.000000298. The van der Waals surface area contributed by atoms with E-state index >= 15 is 0 Å². The lowest BCUT2D eigenvalue weighted by Crippen LogP contribution is -2.54. The second-order valence-corrected chi connectivity index (χ2v) is 9.15. The number of hydrogen-bond donors (Lipinski definition) is 1. The molecule has 2 aliphatic carbocycles. The number of alkyl halides is 3. The summed E-state index contributed by atoms with van der Waals surface area (Å²) in [6.07, 6.45) is 1.20. The van der Waals surface area contributed by atoms with Crippen LogP contribution in [0.2, 0.25) is 0 Å². The molecule has 0 spiro atoms.